The first kappa shape index (κ1) is 13.8. The fourth-order valence-corrected chi connectivity index (χ4v) is 4.59. The highest BCUT2D eigenvalue weighted by Gasteiger charge is 2.18. The molecule has 0 unspecified atom stereocenters. The molecular weight excluding hydrogens is 268 g/mol. The number of anilines is 1. The summed E-state index contributed by atoms with van der Waals surface area (Å²) in [5.41, 5.74) is 6.05. The molecule has 0 atom stereocenters. The maximum absolute atomic E-state index is 11.9. The second-order valence-corrected chi connectivity index (χ2v) is 7.79. The zero-order valence-corrected chi connectivity index (χ0v) is 12.0. The van der Waals surface area contributed by atoms with Gasteiger partial charge in [0.1, 0.15) is 4.21 Å². The molecule has 0 amide bonds. The summed E-state index contributed by atoms with van der Waals surface area (Å²) in [5.74, 6) is 0.690. The number of nitrogens with one attached hydrogen (secondary N) is 1. The molecule has 0 aliphatic heterocycles. The van der Waals surface area contributed by atoms with Crippen LogP contribution >= 0.6 is 11.3 Å². The van der Waals surface area contributed by atoms with Crippen LogP contribution < -0.4 is 10.5 Å². The summed E-state index contributed by atoms with van der Waals surface area (Å²) in [4.78, 5) is 0. The van der Waals surface area contributed by atoms with E-state index in [0.29, 0.717) is 22.4 Å². The molecular formula is C12H20N2O2S2. The molecule has 0 aromatic carbocycles. The van der Waals surface area contributed by atoms with Crippen molar-refractivity contribution in [1.29, 1.82) is 0 Å². The fraction of sp³-hybridized carbons (Fsp3) is 0.667. The van der Waals surface area contributed by atoms with Crippen molar-refractivity contribution < 1.29 is 8.42 Å². The number of sulfonamides is 1. The van der Waals surface area contributed by atoms with Gasteiger partial charge in [0, 0.05) is 17.6 Å². The standard InChI is InChI=1S/C12H20N2O2S2/c13-11-8-12(17-9-11)18(15,16)14-7-6-10-4-2-1-3-5-10/h8-10,14H,1-7,13H2. The summed E-state index contributed by atoms with van der Waals surface area (Å²) in [6.07, 6.45) is 7.34. The third-order valence-electron chi connectivity index (χ3n) is 3.43. The molecule has 2 rings (SSSR count). The fourth-order valence-electron chi connectivity index (χ4n) is 2.42. The predicted octanol–water partition coefficient (Wildman–Crippen LogP) is 2.58. The summed E-state index contributed by atoms with van der Waals surface area (Å²) >= 11 is 1.17. The number of rotatable bonds is 5. The molecule has 1 aliphatic rings. The van der Waals surface area contributed by atoms with Crippen molar-refractivity contribution in [1.82, 2.24) is 4.72 Å². The van der Waals surface area contributed by atoms with Gasteiger partial charge in [-0.1, -0.05) is 32.1 Å². The van der Waals surface area contributed by atoms with E-state index in [1.807, 2.05) is 0 Å². The Bertz CT molecular complexity index is 476. The molecule has 1 fully saturated rings. The van der Waals surface area contributed by atoms with E-state index in [0.717, 1.165) is 6.42 Å². The van der Waals surface area contributed by atoms with Crippen LogP contribution in [0.4, 0.5) is 5.69 Å². The smallest absolute Gasteiger partial charge is 0.250 e. The van der Waals surface area contributed by atoms with Crippen LogP contribution in [0, 0.1) is 5.92 Å². The van der Waals surface area contributed by atoms with E-state index in [1.54, 1.807) is 5.38 Å². The van der Waals surface area contributed by atoms with Gasteiger partial charge in [-0.15, -0.1) is 11.3 Å². The molecule has 3 N–H and O–H groups in total. The van der Waals surface area contributed by atoms with Crippen LogP contribution in [-0.2, 0) is 10.0 Å². The average molecular weight is 288 g/mol. The monoisotopic (exact) mass is 288 g/mol. The molecule has 1 aromatic rings. The minimum atomic E-state index is -3.35. The van der Waals surface area contributed by atoms with Gasteiger partial charge in [0.2, 0.25) is 10.0 Å². The van der Waals surface area contributed by atoms with Gasteiger partial charge >= 0.3 is 0 Å². The van der Waals surface area contributed by atoms with Crippen LogP contribution in [-0.4, -0.2) is 15.0 Å². The van der Waals surface area contributed by atoms with Crippen LogP contribution in [0.25, 0.3) is 0 Å². The Morgan fingerprint density at radius 2 is 2.06 bits per heavy atom. The number of nitrogen functional groups attached to an aromatic ring is 1. The number of hydrogen-bond acceptors (Lipinski definition) is 4. The number of nitrogens with two attached hydrogens (primary N) is 1. The van der Waals surface area contributed by atoms with Crippen molar-refractivity contribution in [2.24, 2.45) is 5.92 Å². The Hall–Kier alpha value is -0.590. The molecule has 0 bridgehead atoms. The second kappa shape index (κ2) is 6.04. The Kier molecular flexibility index (Phi) is 4.64. The third-order valence-corrected chi connectivity index (χ3v) is 6.35. The molecule has 18 heavy (non-hydrogen) atoms. The van der Waals surface area contributed by atoms with Crippen molar-refractivity contribution in [2.45, 2.75) is 42.7 Å². The van der Waals surface area contributed by atoms with Crippen molar-refractivity contribution in [3.63, 3.8) is 0 Å². The van der Waals surface area contributed by atoms with Crippen LogP contribution in [0.15, 0.2) is 15.7 Å². The highest BCUT2D eigenvalue weighted by Crippen LogP contribution is 2.26. The quantitative estimate of drug-likeness (QED) is 0.874. The van der Waals surface area contributed by atoms with Crippen LogP contribution in [0.1, 0.15) is 38.5 Å². The first-order valence-corrected chi connectivity index (χ1v) is 8.78. The van der Waals surface area contributed by atoms with Crippen LogP contribution in [0.2, 0.25) is 0 Å². The molecule has 1 aliphatic carbocycles. The topological polar surface area (TPSA) is 72.2 Å². The SMILES string of the molecule is Nc1csc(S(=O)(=O)NCCC2CCCCC2)c1. The Labute approximate surface area is 113 Å². The minimum Gasteiger partial charge on any atom is -0.398 e. The minimum absolute atomic E-state index is 0.309. The summed E-state index contributed by atoms with van der Waals surface area (Å²) in [5, 5.41) is 1.65. The average Bonchev–Trinajstić information content (AvgIpc) is 2.78. The summed E-state index contributed by atoms with van der Waals surface area (Å²) in [6, 6.07) is 1.51. The van der Waals surface area contributed by atoms with Crippen LogP contribution in [0.3, 0.4) is 0 Å². The van der Waals surface area contributed by atoms with E-state index < -0.39 is 10.0 Å². The lowest BCUT2D eigenvalue weighted by Gasteiger charge is -2.21. The van der Waals surface area contributed by atoms with E-state index in [2.05, 4.69) is 4.72 Å². The van der Waals surface area contributed by atoms with Crippen molar-refractivity contribution in [3.8, 4) is 0 Å². The van der Waals surface area contributed by atoms with Gasteiger partial charge in [0.15, 0.2) is 0 Å². The molecule has 1 heterocycles. The molecule has 0 radical (unpaired) electrons. The summed E-state index contributed by atoms with van der Waals surface area (Å²) in [6.45, 7) is 0.533. The van der Waals surface area contributed by atoms with E-state index >= 15 is 0 Å². The summed E-state index contributed by atoms with van der Waals surface area (Å²) < 4.78 is 26.8. The Morgan fingerprint density at radius 3 is 2.67 bits per heavy atom. The lowest BCUT2D eigenvalue weighted by Crippen LogP contribution is -2.26. The van der Waals surface area contributed by atoms with E-state index in [4.69, 9.17) is 5.73 Å². The van der Waals surface area contributed by atoms with E-state index in [9.17, 15) is 8.42 Å². The largest absolute Gasteiger partial charge is 0.398 e. The van der Waals surface area contributed by atoms with E-state index in [-0.39, 0.29) is 0 Å². The van der Waals surface area contributed by atoms with Crippen molar-refractivity contribution in [3.05, 3.63) is 11.4 Å². The van der Waals surface area contributed by atoms with Crippen LogP contribution in [0.5, 0.6) is 0 Å². The maximum atomic E-state index is 11.9. The van der Waals surface area contributed by atoms with Gasteiger partial charge in [-0.3, -0.25) is 0 Å². The van der Waals surface area contributed by atoms with Gasteiger partial charge < -0.3 is 5.73 Å². The Morgan fingerprint density at radius 1 is 1.33 bits per heavy atom. The zero-order chi connectivity index (χ0) is 13.0. The number of thiophene rings is 1. The molecule has 102 valence electrons. The highest BCUT2D eigenvalue weighted by atomic mass is 32.2. The lowest BCUT2D eigenvalue weighted by molar-refractivity contribution is 0.340. The molecule has 1 aromatic heterocycles. The van der Waals surface area contributed by atoms with Crippen molar-refractivity contribution in [2.75, 3.05) is 12.3 Å². The first-order valence-electron chi connectivity index (χ1n) is 6.41. The summed E-state index contributed by atoms with van der Waals surface area (Å²) in [7, 11) is -3.35. The second-order valence-electron chi connectivity index (χ2n) is 4.89. The molecule has 1 saturated carbocycles. The molecule has 0 saturated heterocycles. The molecule has 4 nitrogen and oxygen atoms in total. The lowest BCUT2D eigenvalue weighted by atomic mass is 9.87. The van der Waals surface area contributed by atoms with Gasteiger partial charge in [-0.25, -0.2) is 13.1 Å². The van der Waals surface area contributed by atoms with Gasteiger partial charge in [0.25, 0.3) is 0 Å². The number of hydrogen-bond donors (Lipinski definition) is 2. The highest BCUT2D eigenvalue weighted by molar-refractivity contribution is 7.91. The van der Waals surface area contributed by atoms with E-state index in [1.165, 1.54) is 49.5 Å². The zero-order valence-electron chi connectivity index (χ0n) is 10.4. The third kappa shape index (κ3) is 3.70. The maximum Gasteiger partial charge on any atom is 0.250 e. The normalized spacial score (nSPS) is 18.0. The first-order chi connectivity index (χ1) is 8.58. The van der Waals surface area contributed by atoms with Gasteiger partial charge in [-0.2, -0.15) is 0 Å². The van der Waals surface area contributed by atoms with Gasteiger partial charge in [0.05, 0.1) is 0 Å². The molecule has 6 heteroatoms. The predicted molar refractivity (Wildman–Crippen MR) is 75.1 cm³/mol. The Balaban J connectivity index is 1.82. The molecule has 0 spiro atoms. The van der Waals surface area contributed by atoms with Crippen molar-refractivity contribution >= 4 is 27.0 Å². The van der Waals surface area contributed by atoms with Gasteiger partial charge in [-0.05, 0) is 18.4 Å².